The highest BCUT2D eigenvalue weighted by atomic mass is 35.6. The summed E-state index contributed by atoms with van der Waals surface area (Å²) in [6.45, 7) is 1.24. The van der Waals surface area contributed by atoms with Crippen LogP contribution >= 0.6 is 34.8 Å². The van der Waals surface area contributed by atoms with E-state index in [1.165, 1.54) is 0 Å². The molecule has 0 radical (unpaired) electrons. The first-order valence-electron chi connectivity index (χ1n) is 7.27. The van der Waals surface area contributed by atoms with Crippen LogP contribution in [0.3, 0.4) is 0 Å². The average Bonchev–Trinajstić information content (AvgIpc) is 3.03. The zero-order chi connectivity index (χ0) is 16.9. The highest BCUT2D eigenvalue weighted by Crippen LogP contribution is 2.29. The van der Waals surface area contributed by atoms with Gasteiger partial charge in [0.2, 0.25) is 3.79 Å². The van der Waals surface area contributed by atoms with Crippen molar-refractivity contribution in [3.8, 4) is 5.75 Å². The second kappa shape index (κ2) is 8.40. The number of methoxy groups -OCH3 is 1. The van der Waals surface area contributed by atoms with Crippen LogP contribution in [0.5, 0.6) is 5.75 Å². The van der Waals surface area contributed by atoms with Gasteiger partial charge in [-0.05, 0) is 37.1 Å². The number of benzene rings is 1. The molecule has 1 aromatic rings. The molecule has 8 heteroatoms. The van der Waals surface area contributed by atoms with Gasteiger partial charge in [-0.25, -0.2) is 0 Å². The van der Waals surface area contributed by atoms with Gasteiger partial charge in [-0.15, -0.1) is 0 Å². The maximum Gasteiger partial charge on any atom is 0.252 e. The summed E-state index contributed by atoms with van der Waals surface area (Å²) in [5, 5.41) is 5.74. The van der Waals surface area contributed by atoms with E-state index < -0.39 is 9.96 Å². The third-order valence-corrected chi connectivity index (χ3v) is 4.18. The summed E-state index contributed by atoms with van der Waals surface area (Å²) in [5.74, 6) is 0.319. The molecule has 2 N–H and O–H groups in total. The minimum absolute atomic E-state index is 0.0720. The van der Waals surface area contributed by atoms with E-state index in [1.54, 1.807) is 31.4 Å². The lowest BCUT2D eigenvalue weighted by atomic mass is 10.2. The fraction of sp³-hybridized carbons (Fsp3) is 0.533. The van der Waals surface area contributed by atoms with Gasteiger partial charge in [0.05, 0.1) is 13.2 Å². The molecule has 1 amide bonds. The number of carbonyl (C=O) groups is 1. The van der Waals surface area contributed by atoms with Gasteiger partial charge in [-0.2, -0.15) is 0 Å². The molecule has 0 spiro atoms. The lowest BCUT2D eigenvalue weighted by Gasteiger charge is -2.27. The van der Waals surface area contributed by atoms with E-state index in [0.29, 0.717) is 17.9 Å². The fourth-order valence-corrected chi connectivity index (χ4v) is 2.66. The number of amides is 1. The summed E-state index contributed by atoms with van der Waals surface area (Å²) in [7, 11) is 1.56. The molecule has 0 unspecified atom stereocenters. The molecule has 5 nitrogen and oxygen atoms in total. The number of hydrogen-bond acceptors (Lipinski definition) is 4. The second-order valence-electron chi connectivity index (χ2n) is 5.22. The zero-order valence-electron chi connectivity index (χ0n) is 12.7. The van der Waals surface area contributed by atoms with Crippen LogP contribution < -0.4 is 15.4 Å². The first-order valence-corrected chi connectivity index (χ1v) is 8.40. The zero-order valence-corrected chi connectivity index (χ0v) is 14.9. The van der Waals surface area contributed by atoms with Crippen molar-refractivity contribution in [2.24, 2.45) is 0 Å². The smallest absolute Gasteiger partial charge is 0.252 e. The van der Waals surface area contributed by atoms with Crippen LogP contribution in [0.1, 0.15) is 23.2 Å². The Kier molecular flexibility index (Phi) is 6.80. The molecule has 2 rings (SSSR count). The number of halogens is 3. The first-order chi connectivity index (χ1) is 10.9. The molecule has 0 aromatic heterocycles. The molecule has 0 aliphatic carbocycles. The van der Waals surface area contributed by atoms with E-state index in [0.717, 1.165) is 19.4 Å². The number of ether oxygens (including phenoxy) is 2. The van der Waals surface area contributed by atoms with Crippen LogP contribution in [0.4, 0.5) is 0 Å². The maximum atomic E-state index is 12.3. The molecule has 2 atom stereocenters. The lowest BCUT2D eigenvalue weighted by Crippen LogP contribution is -2.54. The number of rotatable bonds is 6. The summed E-state index contributed by atoms with van der Waals surface area (Å²) < 4.78 is 8.89. The van der Waals surface area contributed by atoms with E-state index >= 15 is 0 Å². The Morgan fingerprint density at radius 2 is 2.09 bits per heavy atom. The Morgan fingerprint density at radius 1 is 1.39 bits per heavy atom. The summed E-state index contributed by atoms with van der Waals surface area (Å²) in [6.07, 6.45) is 1.21. The van der Waals surface area contributed by atoms with Gasteiger partial charge < -0.3 is 14.8 Å². The van der Waals surface area contributed by atoms with Gasteiger partial charge in [0, 0.05) is 18.7 Å². The standard InChI is InChI=1S/C15H19Cl3N2O3/c1-22-11-6-4-10(5-7-11)13(21)20-14(15(16,17)18)19-9-12-3-2-8-23-12/h4-7,12,14,19H,2-3,8-9H2,1H3,(H,20,21)/t12-,14-/m1/s1. The third-order valence-electron chi connectivity index (χ3n) is 3.53. The van der Waals surface area contributed by atoms with E-state index in [9.17, 15) is 4.79 Å². The van der Waals surface area contributed by atoms with Gasteiger partial charge >= 0.3 is 0 Å². The Labute approximate surface area is 150 Å². The predicted molar refractivity (Wildman–Crippen MR) is 91.5 cm³/mol. The van der Waals surface area contributed by atoms with Crippen molar-refractivity contribution in [3.63, 3.8) is 0 Å². The molecule has 0 saturated carbocycles. The van der Waals surface area contributed by atoms with Crippen LogP contribution in [0, 0.1) is 0 Å². The highest BCUT2D eigenvalue weighted by Gasteiger charge is 2.34. The molecule has 128 valence electrons. The van der Waals surface area contributed by atoms with Crippen molar-refractivity contribution in [1.29, 1.82) is 0 Å². The minimum atomic E-state index is -1.68. The molecule has 23 heavy (non-hydrogen) atoms. The summed E-state index contributed by atoms with van der Waals surface area (Å²) in [6, 6.07) is 6.67. The third kappa shape index (κ3) is 5.69. The normalized spacial score (nSPS) is 19.4. The molecule has 1 aliphatic heterocycles. The van der Waals surface area contributed by atoms with Crippen LogP contribution in [0.25, 0.3) is 0 Å². The topological polar surface area (TPSA) is 59.6 Å². The average molecular weight is 382 g/mol. The number of carbonyl (C=O) groups excluding carboxylic acids is 1. The van der Waals surface area contributed by atoms with Gasteiger partial charge in [-0.1, -0.05) is 34.8 Å². The van der Waals surface area contributed by atoms with Crippen LogP contribution in [-0.2, 0) is 4.74 Å². The summed E-state index contributed by atoms with van der Waals surface area (Å²) >= 11 is 17.9. The van der Waals surface area contributed by atoms with Crippen molar-refractivity contribution in [2.75, 3.05) is 20.3 Å². The lowest BCUT2D eigenvalue weighted by molar-refractivity contribution is 0.0897. The minimum Gasteiger partial charge on any atom is -0.497 e. The highest BCUT2D eigenvalue weighted by molar-refractivity contribution is 6.68. The fourth-order valence-electron chi connectivity index (χ4n) is 2.26. The van der Waals surface area contributed by atoms with Gasteiger partial charge in [0.1, 0.15) is 11.9 Å². The maximum absolute atomic E-state index is 12.3. The van der Waals surface area contributed by atoms with Crippen molar-refractivity contribution >= 4 is 40.7 Å². The van der Waals surface area contributed by atoms with Crippen LogP contribution in [0.15, 0.2) is 24.3 Å². The molecule has 1 saturated heterocycles. The Balaban J connectivity index is 1.96. The number of hydrogen-bond donors (Lipinski definition) is 2. The quantitative estimate of drug-likeness (QED) is 0.587. The Hall–Kier alpha value is -0.720. The predicted octanol–water partition coefficient (Wildman–Crippen LogP) is 2.89. The van der Waals surface area contributed by atoms with E-state index in [1.807, 2.05) is 0 Å². The van der Waals surface area contributed by atoms with Crippen molar-refractivity contribution in [3.05, 3.63) is 29.8 Å². The van der Waals surface area contributed by atoms with Crippen molar-refractivity contribution in [1.82, 2.24) is 10.6 Å². The molecular weight excluding hydrogens is 363 g/mol. The van der Waals surface area contributed by atoms with E-state index in [4.69, 9.17) is 44.3 Å². The van der Waals surface area contributed by atoms with Gasteiger partial charge in [0.25, 0.3) is 5.91 Å². The van der Waals surface area contributed by atoms with Gasteiger partial charge in [-0.3, -0.25) is 10.1 Å². The molecule has 1 aromatic carbocycles. The monoisotopic (exact) mass is 380 g/mol. The van der Waals surface area contributed by atoms with Crippen molar-refractivity contribution in [2.45, 2.75) is 28.9 Å². The number of nitrogens with one attached hydrogen (secondary N) is 2. The Bertz CT molecular complexity index is 514. The van der Waals surface area contributed by atoms with Crippen LogP contribution in [0.2, 0.25) is 0 Å². The SMILES string of the molecule is COc1ccc(C(=O)N[C@@H](NC[C@H]2CCCO2)C(Cl)(Cl)Cl)cc1. The molecule has 1 fully saturated rings. The van der Waals surface area contributed by atoms with Crippen molar-refractivity contribution < 1.29 is 14.3 Å². The molecule has 0 bridgehead atoms. The first kappa shape index (κ1) is 18.6. The molecule has 1 aliphatic rings. The molecular formula is C15H19Cl3N2O3. The largest absolute Gasteiger partial charge is 0.497 e. The van der Waals surface area contributed by atoms with E-state index in [-0.39, 0.29) is 12.0 Å². The Morgan fingerprint density at radius 3 is 2.61 bits per heavy atom. The van der Waals surface area contributed by atoms with Gasteiger partial charge in [0.15, 0.2) is 0 Å². The summed E-state index contributed by atoms with van der Waals surface area (Å²) in [4.78, 5) is 12.3. The molecule has 1 heterocycles. The number of alkyl halides is 3. The van der Waals surface area contributed by atoms with E-state index in [2.05, 4.69) is 10.6 Å². The van der Waals surface area contributed by atoms with Crippen LogP contribution in [-0.4, -0.2) is 42.2 Å². The second-order valence-corrected chi connectivity index (χ2v) is 7.59. The summed E-state index contributed by atoms with van der Waals surface area (Å²) in [5.41, 5.74) is 0.448.